The lowest BCUT2D eigenvalue weighted by Crippen LogP contribution is -2.36. The average Bonchev–Trinajstić information content (AvgIpc) is 2.87. The number of ether oxygens (including phenoxy) is 1. The summed E-state index contributed by atoms with van der Waals surface area (Å²) in [5.74, 6) is 0. The van der Waals surface area contributed by atoms with Crippen LogP contribution in [0.4, 0.5) is 4.53 Å². The van der Waals surface area contributed by atoms with E-state index < -0.39 is 42.3 Å². The molecule has 1 fully saturated rings. The molecule has 0 aromatic carbocycles. The molecule has 0 bridgehead atoms. The van der Waals surface area contributed by atoms with Gasteiger partial charge in [-0.1, -0.05) is 0 Å². The molecule has 9 nitrogen and oxygen atoms in total. The Balaban J connectivity index is 1.93. The fourth-order valence-electron chi connectivity index (χ4n) is 2.74. The van der Waals surface area contributed by atoms with Crippen LogP contribution < -0.4 is 11.2 Å². The topological polar surface area (TPSA) is 127 Å². The minimum atomic E-state index is -1.46. The number of aromatic amines is 1. The van der Waals surface area contributed by atoms with Gasteiger partial charge in [-0.15, -0.1) is 0 Å². The molecule has 2 aromatic heterocycles. The van der Waals surface area contributed by atoms with Crippen molar-refractivity contribution in [1.29, 1.82) is 0 Å². The van der Waals surface area contributed by atoms with Crippen molar-refractivity contribution in [3.05, 3.63) is 62.7 Å². The summed E-state index contributed by atoms with van der Waals surface area (Å²) in [6.07, 6.45) is -0.869. The van der Waals surface area contributed by atoms with Crippen molar-refractivity contribution in [3.8, 4) is 0 Å². The molecule has 0 spiro atoms. The van der Waals surface area contributed by atoms with Crippen molar-refractivity contribution in [3.63, 3.8) is 0 Å². The second-order valence-corrected chi connectivity index (χ2v) is 5.68. The maximum atomic E-state index is 12.1. The Labute approximate surface area is 140 Å². The molecule has 2 aromatic rings. The van der Waals surface area contributed by atoms with Crippen LogP contribution in [0.3, 0.4) is 0 Å². The van der Waals surface area contributed by atoms with Gasteiger partial charge in [0.2, 0.25) is 0 Å². The van der Waals surface area contributed by atoms with Gasteiger partial charge in [-0.25, -0.2) is 4.79 Å². The molecule has 1 aliphatic rings. The van der Waals surface area contributed by atoms with Crippen molar-refractivity contribution in [1.82, 2.24) is 14.5 Å². The monoisotopic (exact) mass is 353 g/mol. The first-order chi connectivity index (χ1) is 12.0. The van der Waals surface area contributed by atoms with Crippen molar-refractivity contribution >= 4 is 0 Å². The average molecular weight is 353 g/mol. The molecule has 0 saturated carbocycles. The third-order valence-electron chi connectivity index (χ3n) is 4.04. The third-order valence-corrected chi connectivity index (χ3v) is 4.04. The summed E-state index contributed by atoms with van der Waals surface area (Å²) in [5, 5.41) is 19.9. The number of hydrogen-bond donors (Lipinski definition) is 3. The highest BCUT2D eigenvalue weighted by Crippen LogP contribution is 2.32. The quantitative estimate of drug-likeness (QED) is 0.632. The van der Waals surface area contributed by atoms with Gasteiger partial charge >= 0.3 is 5.69 Å². The third kappa shape index (κ3) is 3.51. The molecule has 1 aliphatic heterocycles. The summed E-state index contributed by atoms with van der Waals surface area (Å²) in [6, 6.07) is 3.41. The molecular formula is C15H16FN3O6. The highest BCUT2D eigenvalue weighted by molar-refractivity contribution is 5.16. The first-order valence-electron chi connectivity index (χ1n) is 7.49. The first kappa shape index (κ1) is 17.4. The summed E-state index contributed by atoms with van der Waals surface area (Å²) in [6.45, 7) is -0.434. The number of aliphatic hydroxyl groups is 2. The molecule has 0 radical (unpaired) electrons. The van der Waals surface area contributed by atoms with Gasteiger partial charge in [0.1, 0.15) is 31.0 Å². The van der Waals surface area contributed by atoms with Crippen molar-refractivity contribution in [2.24, 2.45) is 0 Å². The maximum absolute atomic E-state index is 12.1. The van der Waals surface area contributed by atoms with Gasteiger partial charge in [-0.05, 0) is 22.2 Å². The molecular weight excluding hydrogens is 337 g/mol. The van der Waals surface area contributed by atoms with Crippen LogP contribution in [0.25, 0.3) is 0 Å². The molecule has 134 valence electrons. The Hall–Kier alpha value is -2.40. The van der Waals surface area contributed by atoms with Gasteiger partial charge < -0.3 is 14.9 Å². The number of aliphatic hydroxyl groups excluding tert-OH is 2. The van der Waals surface area contributed by atoms with Gasteiger partial charge in [0.05, 0.1) is 12.1 Å². The number of nitrogens with one attached hydrogen (secondary N) is 1. The molecule has 25 heavy (non-hydrogen) atoms. The Kier molecular flexibility index (Phi) is 5.04. The predicted octanol–water partition coefficient (Wildman–Crippen LogP) is -0.957. The first-order valence-corrected chi connectivity index (χ1v) is 7.49. The van der Waals surface area contributed by atoms with Crippen LogP contribution in [0.15, 0.2) is 40.3 Å². The number of H-pyrrole nitrogens is 1. The van der Waals surface area contributed by atoms with E-state index >= 15 is 0 Å². The van der Waals surface area contributed by atoms with E-state index in [0.717, 1.165) is 5.56 Å². The number of halogens is 1. The fraction of sp³-hybridized carbons (Fsp3) is 0.400. The summed E-state index contributed by atoms with van der Waals surface area (Å²) in [7, 11) is 0. The zero-order valence-electron chi connectivity index (χ0n) is 12.9. The summed E-state index contributed by atoms with van der Waals surface area (Å²) >= 11 is 0. The minimum absolute atomic E-state index is 0.0541. The van der Waals surface area contributed by atoms with Crippen molar-refractivity contribution < 1.29 is 24.4 Å². The molecule has 3 rings (SSSR count). The molecule has 4 atom stereocenters. The fourth-order valence-corrected chi connectivity index (χ4v) is 2.74. The van der Waals surface area contributed by atoms with Crippen LogP contribution in [-0.2, 0) is 16.2 Å². The normalized spacial score (nSPS) is 26.0. The highest BCUT2D eigenvalue weighted by atomic mass is 19.3. The van der Waals surface area contributed by atoms with Crippen molar-refractivity contribution in [2.75, 3.05) is 6.61 Å². The van der Waals surface area contributed by atoms with Gasteiger partial charge in [-0.3, -0.25) is 19.3 Å². The van der Waals surface area contributed by atoms with Crippen LogP contribution >= 0.6 is 0 Å². The van der Waals surface area contributed by atoms with E-state index in [1.54, 1.807) is 24.5 Å². The number of rotatable bonds is 5. The van der Waals surface area contributed by atoms with Gasteiger partial charge in [0.15, 0.2) is 0 Å². The summed E-state index contributed by atoms with van der Waals surface area (Å²) in [5.41, 5.74) is -0.676. The van der Waals surface area contributed by atoms with Crippen LogP contribution in [0, 0.1) is 0 Å². The van der Waals surface area contributed by atoms with Crippen LogP contribution in [0.5, 0.6) is 0 Å². The van der Waals surface area contributed by atoms with Crippen LogP contribution in [0.2, 0.25) is 0 Å². The molecule has 1 saturated heterocycles. The number of hydrogen-bond acceptors (Lipinski definition) is 7. The van der Waals surface area contributed by atoms with E-state index in [0.29, 0.717) is 0 Å². The Morgan fingerprint density at radius 3 is 2.68 bits per heavy atom. The smallest absolute Gasteiger partial charge is 0.328 e. The lowest BCUT2D eigenvalue weighted by molar-refractivity contribution is -0.173. The second kappa shape index (κ2) is 7.23. The van der Waals surface area contributed by atoms with Gasteiger partial charge in [0.25, 0.3) is 5.56 Å². The largest absolute Gasteiger partial charge is 0.387 e. The number of aromatic nitrogens is 3. The van der Waals surface area contributed by atoms with Crippen LogP contribution in [-0.4, -0.2) is 49.7 Å². The summed E-state index contributed by atoms with van der Waals surface area (Å²) < 4.78 is 18.6. The Morgan fingerprint density at radius 2 is 2.00 bits per heavy atom. The van der Waals surface area contributed by atoms with E-state index in [4.69, 9.17) is 4.74 Å². The zero-order valence-corrected chi connectivity index (χ0v) is 12.9. The number of pyridine rings is 1. The summed E-state index contributed by atoms with van der Waals surface area (Å²) in [4.78, 5) is 33.5. The van der Waals surface area contributed by atoms with E-state index in [1.165, 1.54) is 10.8 Å². The molecule has 0 amide bonds. The predicted molar refractivity (Wildman–Crippen MR) is 81.3 cm³/mol. The van der Waals surface area contributed by atoms with Gasteiger partial charge in [-0.2, -0.15) is 4.94 Å². The molecule has 3 heterocycles. The second-order valence-electron chi connectivity index (χ2n) is 5.68. The highest BCUT2D eigenvalue weighted by Gasteiger charge is 2.44. The van der Waals surface area contributed by atoms with Crippen molar-refractivity contribution in [2.45, 2.75) is 31.0 Å². The van der Waals surface area contributed by atoms with E-state index in [1.807, 2.05) is 0 Å². The Morgan fingerprint density at radius 1 is 1.28 bits per heavy atom. The zero-order chi connectivity index (χ0) is 18.0. The lowest BCUT2D eigenvalue weighted by atomic mass is 10.0. The van der Waals surface area contributed by atoms with Crippen LogP contribution in [0.1, 0.15) is 17.2 Å². The molecule has 0 aliphatic carbocycles. The Bertz CT molecular complexity index is 839. The van der Waals surface area contributed by atoms with E-state index in [9.17, 15) is 24.3 Å². The SMILES string of the molecule is O=c1[nH]c(=O)n(Cc2ccncc2)cc1C1OC(COF)C(O)C1O. The maximum Gasteiger partial charge on any atom is 0.328 e. The van der Waals surface area contributed by atoms with E-state index in [-0.39, 0.29) is 12.1 Å². The van der Waals surface area contributed by atoms with Gasteiger partial charge in [0, 0.05) is 18.6 Å². The molecule has 10 heteroatoms. The van der Waals surface area contributed by atoms with E-state index in [2.05, 4.69) is 14.9 Å². The molecule has 4 unspecified atom stereocenters. The molecule has 3 N–H and O–H groups in total. The standard InChI is InChI=1S/C15H16FN3O6/c16-24-7-10-11(20)12(21)13(25-10)9-6-19(15(23)18-14(9)22)5-8-1-3-17-4-2-8/h1-4,6,10-13,20-21H,5,7H2,(H,18,22,23). The minimum Gasteiger partial charge on any atom is -0.387 e. The lowest BCUT2D eigenvalue weighted by Gasteiger charge is -2.15. The number of nitrogens with zero attached hydrogens (tertiary/aromatic N) is 2.